The minimum absolute atomic E-state index is 0.121. The Morgan fingerprint density at radius 2 is 1.86 bits per heavy atom. The summed E-state index contributed by atoms with van der Waals surface area (Å²) in [6, 6.07) is 5.43. The summed E-state index contributed by atoms with van der Waals surface area (Å²) in [5.41, 5.74) is 0.407. The maximum absolute atomic E-state index is 12.8. The van der Waals surface area contributed by atoms with Gasteiger partial charge in [0.2, 0.25) is 0 Å². The Bertz CT molecular complexity index is 675. The molecular formula is C14H11BrF3NOS. The average molecular weight is 378 g/mol. The van der Waals surface area contributed by atoms with Gasteiger partial charge in [0, 0.05) is 5.69 Å². The SMILES string of the molecule is Cc1ccc(NC(=O)c2cc(C)c(Br)s2)cc1C(F)(F)F. The first kappa shape index (κ1) is 16.0. The lowest BCUT2D eigenvalue weighted by molar-refractivity contribution is -0.138. The number of anilines is 1. The van der Waals surface area contributed by atoms with Crippen molar-refractivity contribution >= 4 is 38.9 Å². The van der Waals surface area contributed by atoms with E-state index < -0.39 is 17.6 Å². The fourth-order valence-corrected chi connectivity index (χ4v) is 3.20. The molecule has 2 aromatic rings. The van der Waals surface area contributed by atoms with Crippen molar-refractivity contribution in [1.82, 2.24) is 0 Å². The van der Waals surface area contributed by atoms with Crippen LogP contribution in [0.5, 0.6) is 0 Å². The molecule has 2 nitrogen and oxygen atoms in total. The lowest BCUT2D eigenvalue weighted by Gasteiger charge is -2.12. The summed E-state index contributed by atoms with van der Waals surface area (Å²) in [4.78, 5) is 12.5. The minimum atomic E-state index is -4.44. The Hall–Kier alpha value is -1.34. The third-order valence-electron chi connectivity index (χ3n) is 2.88. The Kier molecular flexibility index (Phi) is 4.43. The molecule has 1 heterocycles. The number of carbonyl (C=O) groups excluding carboxylic acids is 1. The summed E-state index contributed by atoms with van der Waals surface area (Å²) in [6.07, 6.45) is -4.44. The van der Waals surface area contributed by atoms with Crippen molar-refractivity contribution in [1.29, 1.82) is 0 Å². The van der Waals surface area contributed by atoms with E-state index >= 15 is 0 Å². The summed E-state index contributed by atoms with van der Waals surface area (Å²) in [6.45, 7) is 3.22. The molecule has 0 aliphatic rings. The Morgan fingerprint density at radius 1 is 1.19 bits per heavy atom. The van der Waals surface area contributed by atoms with Gasteiger partial charge in [0.15, 0.2) is 0 Å². The van der Waals surface area contributed by atoms with Crippen LogP contribution in [0.25, 0.3) is 0 Å². The number of nitrogens with one attached hydrogen (secondary N) is 1. The summed E-state index contributed by atoms with van der Waals surface area (Å²) in [5, 5.41) is 2.49. The second kappa shape index (κ2) is 5.81. The van der Waals surface area contributed by atoms with Crippen LogP contribution in [0, 0.1) is 13.8 Å². The number of hydrogen-bond acceptors (Lipinski definition) is 2. The van der Waals surface area contributed by atoms with Crippen molar-refractivity contribution in [3.05, 3.63) is 49.6 Å². The molecule has 0 saturated heterocycles. The number of alkyl halides is 3. The van der Waals surface area contributed by atoms with E-state index in [0.29, 0.717) is 4.88 Å². The Morgan fingerprint density at radius 3 is 2.38 bits per heavy atom. The predicted octanol–water partition coefficient (Wildman–Crippen LogP) is 5.40. The van der Waals surface area contributed by atoms with Gasteiger partial charge in [0.25, 0.3) is 5.91 Å². The van der Waals surface area contributed by atoms with Gasteiger partial charge in [-0.05, 0) is 59.1 Å². The number of rotatable bonds is 2. The third kappa shape index (κ3) is 3.65. The minimum Gasteiger partial charge on any atom is -0.321 e. The molecule has 0 radical (unpaired) electrons. The van der Waals surface area contributed by atoms with Crippen molar-refractivity contribution in [2.24, 2.45) is 0 Å². The van der Waals surface area contributed by atoms with Crippen molar-refractivity contribution in [2.45, 2.75) is 20.0 Å². The largest absolute Gasteiger partial charge is 0.416 e. The van der Waals surface area contributed by atoms with Gasteiger partial charge >= 0.3 is 6.18 Å². The van der Waals surface area contributed by atoms with Gasteiger partial charge < -0.3 is 5.32 Å². The quantitative estimate of drug-likeness (QED) is 0.745. The second-order valence-corrected chi connectivity index (χ2v) is 6.92. The second-order valence-electron chi connectivity index (χ2n) is 4.55. The molecule has 7 heteroatoms. The van der Waals surface area contributed by atoms with E-state index in [1.54, 1.807) is 6.07 Å². The topological polar surface area (TPSA) is 29.1 Å². The highest BCUT2D eigenvalue weighted by atomic mass is 79.9. The molecular weight excluding hydrogens is 367 g/mol. The highest BCUT2D eigenvalue weighted by Crippen LogP contribution is 2.34. The molecule has 0 saturated carbocycles. The van der Waals surface area contributed by atoms with E-state index in [1.807, 2.05) is 6.92 Å². The van der Waals surface area contributed by atoms with Crippen LogP contribution in [-0.2, 0) is 6.18 Å². The van der Waals surface area contributed by atoms with Crippen LogP contribution >= 0.6 is 27.3 Å². The van der Waals surface area contributed by atoms with E-state index in [1.165, 1.54) is 30.4 Å². The van der Waals surface area contributed by atoms with Crippen molar-refractivity contribution in [3.63, 3.8) is 0 Å². The fraction of sp³-hybridized carbons (Fsp3) is 0.214. The number of aryl methyl sites for hydroxylation is 2. The van der Waals surface area contributed by atoms with Crippen molar-refractivity contribution in [2.75, 3.05) is 5.32 Å². The zero-order valence-corrected chi connectivity index (χ0v) is 13.5. The average Bonchev–Trinajstić information content (AvgIpc) is 2.71. The standard InChI is InChI=1S/C14H11BrF3NOS/c1-7-3-4-9(6-10(7)14(16,17)18)19-13(20)11-5-8(2)12(15)21-11/h3-6H,1-2H3,(H,19,20). The van der Waals surface area contributed by atoms with Gasteiger partial charge in [-0.1, -0.05) is 6.07 Å². The predicted molar refractivity (Wildman–Crippen MR) is 80.9 cm³/mol. The molecule has 0 atom stereocenters. The molecule has 2 rings (SSSR count). The number of thiophene rings is 1. The van der Waals surface area contributed by atoms with E-state index in [-0.39, 0.29) is 11.3 Å². The first-order valence-corrected chi connectivity index (χ1v) is 7.54. The van der Waals surface area contributed by atoms with Crippen LogP contribution in [-0.4, -0.2) is 5.91 Å². The summed E-state index contributed by atoms with van der Waals surface area (Å²) >= 11 is 4.54. The van der Waals surface area contributed by atoms with Crippen LogP contribution in [0.4, 0.5) is 18.9 Å². The van der Waals surface area contributed by atoms with Crippen LogP contribution in [0.1, 0.15) is 26.4 Å². The number of benzene rings is 1. The Labute approximate surface area is 132 Å². The van der Waals surface area contributed by atoms with Crippen LogP contribution in [0.3, 0.4) is 0 Å². The van der Waals surface area contributed by atoms with Crippen LogP contribution in [0.2, 0.25) is 0 Å². The molecule has 0 unspecified atom stereocenters. The lowest BCUT2D eigenvalue weighted by atomic mass is 10.1. The molecule has 1 N–H and O–H groups in total. The maximum atomic E-state index is 12.8. The first-order chi connectivity index (χ1) is 9.68. The van der Waals surface area contributed by atoms with Gasteiger partial charge in [-0.2, -0.15) is 13.2 Å². The molecule has 1 amide bonds. The number of hydrogen-bond donors (Lipinski definition) is 1. The van der Waals surface area contributed by atoms with E-state index in [0.717, 1.165) is 15.4 Å². The molecule has 0 aliphatic heterocycles. The zero-order chi connectivity index (χ0) is 15.8. The van der Waals surface area contributed by atoms with Crippen LogP contribution < -0.4 is 5.32 Å². The number of carbonyl (C=O) groups is 1. The third-order valence-corrected chi connectivity index (χ3v) is 5.02. The molecule has 1 aromatic carbocycles. The molecule has 0 bridgehead atoms. The van der Waals surface area contributed by atoms with E-state index in [2.05, 4.69) is 21.2 Å². The maximum Gasteiger partial charge on any atom is 0.416 e. The van der Waals surface area contributed by atoms with Gasteiger partial charge in [0.1, 0.15) is 0 Å². The van der Waals surface area contributed by atoms with Gasteiger partial charge in [0.05, 0.1) is 14.2 Å². The van der Waals surface area contributed by atoms with Crippen LogP contribution in [0.15, 0.2) is 28.1 Å². The normalized spacial score (nSPS) is 11.5. The summed E-state index contributed by atoms with van der Waals surface area (Å²) in [5.74, 6) is -0.425. The molecule has 1 aromatic heterocycles. The van der Waals surface area contributed by atoms with Gasteiger partial charge in [-0.15, -0.1) is 11.3 Å². The molecule has 0 fully saturated rings. The molecule has 112 valence electrons. The fourth-order valence-electron chi connectivity index (χ4n) is 1.77. The monoisotopic (exact) mass is 377 g/mol. The lowest BCUT2D eigenvalue weighted by Crippen LogP contribution is -2.13. The van der Waals surface area contributed by atoms with Gasteiger partial charge in [-0.3, -0.25) is 4.79 Å². The summed E-state index contributed by atoms with van der Waals surface area (Å²) in [7, 11) is 0. The molecule has 0 spiro atoms. The highest BCUT2D eigenvalue weighted by molar-refractivity contribution is 9.11. The smallest absolute Gasteiger partial charge is 0.321 e. The Balaban J connectivity index is 2.26. The van der Waals surface area contributed by atoms with E-state index in [4.69, 9.17) is 0 Å². The number of halogens is 4. The van der Waals surface area contributed by atoms with Gasteiger partial charge in [-0.25, -0.2) is 0 Å². The number of amides is 1. The zero-order valence-electron chi connectivity index (χ0n) is 11.1. The highest BCUT2D eigenvalue weighted by Gasteiger charge is 2.32. The van der Waals surface area contributed by atoms with Crippen molar-refractivity contribution in [3.8, 4) is 0 Å². The molecule has 21 heavy (non-hydrogen) atoms. The van der Waals surface area contributed by atoms with Crippen molar-refractivity contribution < 1.29 is 18.0 Å². The molecule has 0 aliphatic carbocycles. The summed E-state index contributed by atoms with van der Waals surface area (Å²) < 4.78 is 39.3. The van der Waals surface area contributed by atoms with E-state index in [9.17, 15) is 18.0 Å². The first-order valence-electron chi connectivity index (χ1n) is 5.93.